The largest absolute Gasteiger partial charge is 0.508 e. The lowest BCUT2D eigenvalue weighted by atomic mass is 10.0. The molecule has 0 bridgehead atoms. The van der Waals surface area contributed by atoms with Gasteiger partial charge in [0.1, 0.15) is 5.75 Å². The van der Waals surface area contributed by atoms with Crippen molar-refractivity contribution in [1.29, 1.82) is 0 Å². The maximum absolute atomic E-state index is 13.4. The zero-order chi connectivity index (χ0) is 17.9. The second-order valence-corrected chi connectivity index (χ2v) is 7.19. The van der Waals surface area contributed by atoms with Crippen LogP contribution in [0.5, 0.6) is 5.75 Å². The number of H-pyrrole nitrogens is 1. The molecular weight excluding hydrogens is 342 g/mol. The Balaban J connectivity index is 1.74. The molecule has 3 aromatic carbocycles. The summed E-state index contributed by atoms with van der Waals surface area (Å²) in [4.78, 5) is 17.5. The minimum absolute atomic E-state index is 0.0618. The number of Topliss-reactive ketones (excluding diaryl/α,β-unsaturated/α-hetero) is 1. The van der Waals surface area contributed by atoms with Gasteiger partial charge in [-0.05, 0) is 35.9 Å². The van der Waals surface area contributed by atoms with Crippen molar-refractivity contribution in [2.45, 2.75) is 10.1 Å². The summed E-state index contributed by atoms with van der Waals surface area (Å²) in [5, 5.41) is 10.1. The van der Waals surface area contributed by atoms with Crippen molar-refractivity contribution in [2.75, 3.05) is 0 Å². The maximum atomic E-state index is 13.4. The normalized spacial score (nSPS) is 12.2. The van der Waals surface area contributed by atoms with Gasteiger partial charge in [-0.25, -0.2) is 0 Å². The Labute approximate surface area is 155 Å². The van der Waals surface area contributed by atoms with E-state index in [1.165, 1.54) is 11.8 Å². The molecule has 0 fully saturated rings. The standard InChI is InChI=1S/C22H17NO2S/c24-16-10-12-17(13-11-16)26-22(15-6-2-1-3-7-15)21(25)19-14-23-20-9-5-4-8-18(19)20/h1-14,22-24H/t22-/m1/s1. The molecule has 0 aliphatic rings. The molecule has 26 heavy (non-hydrogen) atoms. The van der Waals surface area contributed by atoms with E-state index in [2.05, 4.69) is 4.98 Å². The summed E-state index contributed by atoms with van der Waals surface area (Å²) in [6.45, 7) is 0. The first kappa shape index (κ1) is 16.5. The lowest BCUT2D eigenvalue weighted by Crippen LogP contribution is -2.09. The van der Waals surface area contributed by atoms with Gasteiger partial charge in [0, 0.05) is 27.6 Å². The lowest BCUT2D eigenvalue weighted by molar-refractivity contribution is 0.0991. The molecule has 0 saturated carbocycles. The number of fused-ring (bicyclic) bond motifs is 1. The molecule has 0 spiro atoms. The van der Waals surface area contributed by atoms with Gasteiger partial charge in [-0.2, -0.15) is 0 Å². The number of nitrogens with one attached hydrogen (secondary N) is 1. The van der Waals surface area contributed by atoms with Gasteiger partial charge in [-0.3, -0.25) is 4.79 Å². The van der Waals surface area contributed by atoms with Crippen LogP contribution in [0.2, 0.25) is 0 Å². The third-order valence-corrected chi connectivity index (χ3v) is 5.55. The first-order valence-corrected chi connectivity index (χ1v) is 9.21. The van der Waals surface area contributed by atoms with Crippen LogP contribution in [0.25, 0.3) is 10.9 Å². The van der Waals surface area contributed by atoms with Crippen molar-refractivity contribution in [3.05, 3.63) is 96.2 Å². The van der Waals surface area contributed by atoms with E-state index in [1.54, 1.807) is 18.3 Å². The van der Waals surface area contributed by atoms with Crippen LogP contribution in [0.3, 0.4) is 0 Å². The highest BCUT2D eigenvalue weighted by atomic mass is 32.2. The Morgan fingerprint density at radius 2 is 1.58 bits per heavy atom. The van der Waals surface area contributed by atoms with Gasteiger partial charge < -0.3 is 10.1 Å². The quantitative estimate of drug-likeness (QED) is 0.361. The summed E-state index contributed by atoms with van der Waals surface area (Å²) in [6, 6.07) is 24.6. The van der Waals surface area contributed by atoms with Gasteiger partial charge >= 0.3 is 0 Å². The fourth-order valence-electron chi connectivity index (χ4n) is 2.98. The fraction of sp³-hybridized carbons (Fsp3) is 0.0455. The van der Waals surface area contributed by atoms with Crippen LogP contribution < -0.4 is 0 Å². The summed E-state index contributed by atoms with van der Waals surface area (Å²) >= 11 is 1.49. The topological polar surface area (TPSA) is 53.1 Å². The summed E-state index contributed by atoms with van der Waals surface area (Å²) in [6.07, 6.45) is 1.79. The Morgan fingerprint density at radius 3 is 2.35 bits per heavy atom. The van der Waals surface area contributed by atoms with E-state index in [0.717, 1.165) is 21.4 Å². The average molecular weight is 359 g/mol. The van der Waals surface area contributed by atoms with E-state index in [0.29, 0.717) is 5.56 Å². The van der Waals surface area contributed by atoms with E-state index in [-0.39, 0.29) is 16.8 Å². The molecular formula is C22H17NO2S. The minimum atomic E-state index is -0.361. The van der Waals surface area contributed by atoms with Crippen molar-refractivity contribution < 1.29 is 9.90 Å². The Hall–Kier alpha value is -2.98. The number of phenolic OH excluding ortho intramolecular Hbond substituents is 1. The second kappa shape index (κ2) is 7.10. The molecule has 0 amide bonds. The first-order valence-electron chi connectivity index (χ1n) is 8.33. The molecule has 4 aromatic rings. The van der Waals surface area contributed by atoms with Crippen LogP contribution in [-0.2, 0) is 0 Å². The lowest BCUT2D eigenvalue weighted by Gasteiger charge is -2.16. The molecule has 0 radical (unpaired) electrons. The number of phenols is 1. The number of carbonyl (C=O) groups is 1. The van der Waals surface area contributed by atoms with Crippen molar-refractivity contribution in [2.24, 2.45) is 0 Å². The van der Waals surface area contributed by atoms with Crippen LogP contribution in [0.4, 0.5) is 0 Å². The number of carbonyl (C=O) groups excluding carboxylic acids is 1. The molecule has 0 unspecified atom stereocenters. The molecule has 1 atom stereocenters. The number of benzene rings is 3. The Bertz CT molecular complexity index is 1040. The molecule has 0 saturated heterocycles. The summed E-state index contributed by atoms with van der Waals surface area (Å²) in [5.41, 5.74) is 2.61. The predicted molar refractivity (Wildman–Crippen MR) is 106 cm³/mol. The van der Waals surface area contributed by atoms with Gasteiger partial charge in [-0.15, -0.1) is 11.8 Å². The first-order chi connectivity index (χ1) is 12.7. The maximum Gasteiger partial charge on any atom is 0.182 e. The Morgan fingerprint density at radius 1 is 0.885 bits per heavy atom. The summed E-state index contributed by atoms with van der Waals surface area (Å²) in [7, 11) is 0. The minimum Gasteiger partial charge on any atom is -0.508 e. The Kier molecular flexibility index (Phi) is 4.50. The van der Waals surface area contributed by atoms with Crippen LogP contribution in [0.15, 0.2) is 90.0 Å². The zero-order valence-electron chi connectivity index (χ0n) is 13.9. The molecule has 3 nitrogen and oxygen atoms in total. The van der Waals surface area contributed by atoms with Crippen LogP contribution in [0, 0.1) is 0 Å². The summed E-state index contributed by atoms with van der Waals surface area (Å²) < 4.78 is 0. The van der Waals surface area contributed by atoms with E-state index >= 15 is 0 Å². The van der Waals surface area contributed by atoms with Crippen LogP contribution in [-0.4, -0.2) is 15.9 Å². The van der Waals surface area contributed by atoms with Gasteiger partial charge in [0.25, 0.3) is 0 Å². The number of aromatic nitrogens is 1. The van der Waals surface area contributed by atoms with Crippen LogP contribution >= 0.6 is 11.8 Å². The molecule has 1 heterocycles. The molecule has 0 aliphatic carbocycles. The number of hydrogen-bond acceptors (Lipinski definition) is 3. The van der Waals surface area contributed by atoms with E-state index in [1.807, 2.05) is 66.7 Å². The number of rotatable bonds is 5. The fourth-order valence-corrected chi connectivity index (χ4v) is 4.07. The highest BCUT2D eigenvalue weighted by Gasteiger charge is 2.25. The van der Waals surface area contributed by atoms with Crippen molar-refractivity contribution >= 4 is 28.4 Å². The zero-order valence-corrected chi connectivity index (χ0v) is 14.7. The van der Waals surface area contributed by atoms with E-state index < -0.39 is 0 Å². The summed E-state index contributed by atoms with van der Waals surface area (Å²) in [5.74, 6) is 0.278. The van der Waals surface area contributed by atoms with E-state index in [4.69, 9.17) is 0 Å². The number of hydrogen-bond donors (Lipinski definition) is 2. The number of ketones is 1. The molecule has 128 valence electrons. The number of aromatic hydroxyl groups is 1. The van der Waals surface area contributed by atoms with Gasteiger partial charge in [0.15, 0.2) is 5.78 Å². The second-order valence-electron chi connectivity index (χ2n) is 6.01. The predicted octanol–water partition coefficient (Wildman–Crippen LogP) is 5.59. The van der Waals surface area contributed by atoms with E-state index in [9.17, 15) is 9.90 Å². The van der Waals surface area contributed by atoms with Crippen molar-refractivity contribution in [3.63, 3.8) is 0 Å². The molecule has 0 aliphatic heterocycles. The molecule has 4 rings (SSSR count). The van der Waals surface area contributed by atoms with Gasteiger partial charge in [-0.1, -0.05) is 48.5 Å². The average Bonchev–Trinajstić information content (AvgIpc) is 3.12. The van der Waals surface area contributed by atoms with Crippen LogP contribution in [0.1, 0.15) is 21.2 Å². The van der Waals surface area contributed by atoms with Crippen molar-refractivity contribution in [3.8, 4) is 5.75 Å². The van der Waals surface area contributed by atoms with Gasteiger partial charge in [0.2, 0.25) is 0 Å². The third-order valence-electron chi connectivity index (χ3n) is 4.29. The molecule has 2 N–H and O–H groups in total. The highest BCUT2D eigenvalue weighted by Crippen LogP contribution is 2.39. The van der Waals surface area contributed by atoms with Gasteiger partial charge in [0.05, 0.1) is 5.25 Å². The monoisotopic (exact) mass is 359 g/mol. The smallest absolute Gasteiger partial charge is 0.182 e. The van der Waals surface area contributed by atoms with Crippen molar-refractivity contribution in [1.82, 2.24) is 4.98 Å². The highest BCUT2D eigenvalue weighted by molar-refractivity contribution is 8.00. The number of aromatic amines is 1. The molecule has 4 heteroatoms. The number of thioether (sulfide) groups is 1. The third kappa shape index (κ3) is 3.24. The molecule has 1 aromatic heterocycles. The SMILES string of the molecule is O=C(c1c[nH]c2ccccc12)[C@H](Sc1ccc(O)cc1)c1ccccc1. The number of para-hydroxylation sites is 1.